The molecule has 0 aliphatic heterocycles. The average Bonchev–Trinajstić information content (AvgIpc) is 2.37. The van der Waals surface area contributed by atoms with E-state index in [2.05, 4.69) is 0 Å². The fourth-order valence-corrected chi connectivity index (χ4v) is 3.85. The van der Waals surface area contributed by atoms with Gasteiger partial charge in [0, 0.05) is 18.7 Å². The van der Waals surface area contributed by atoms with E-state index in [1.165, 1.54) is 11.2 Å². The van der Waals surface area contributed by atoms with Crippen molar-refractivity contribution in [3.05, 3.63) is 33.6 Å². The number of nitro groups is 1. The summed E-state index contributed by atoms with van der Waals surface area (Å²) >= 11 is 0. The van der Waals surface area contributed by atoms with E-state index in [4.69, 9.17) is 0 Å². The van der Waals surface area contributed by atoms with Crippen LogP contribution in [0.1, 0.15) is 32.8 Å². The van der Waals surface area contributed by atoms with Crippen molar-refractivity contribution in [3.63, 3.8) is 0 Å². The van der Waals surface area contributed by atoms with Crippen LogP contribution in [0.15, 0.2) is 17.0 Å². The van der Waals surface area contributed by atoms with E-state index in [1.54, 1.807) is 13.8 Å². The molecular weight excluding hydrogens is 299 g/mol. The molecule has 0 N–H and O–H groups in total. The molecule has 0 saturated carbocycles. The second-order valence-electron chi connectivity index (χ2n) is 5.04. The van der Waals surface area contributed by atoms with E-state index < -0.39 is 26.5 Å². The summed E-state index contributed by atoms with van der Waals surface area (Å²) in [5.41, 5.74) is -0.892. The van der Waals surface area contributed by atoms with Gasteiger partial charge in [0.15, 0.2) is 0 Å². The Morgan fingerprint density at radius 2 is 1.95 bits per heavy atom. The first-order chi connectivity index (χ1) is 9.62. The molecule has 1 aromatic carbocycles. The molecule has 0 radical (unpaired) electrons. The first-order valence-electron chi connectivity index (χ1n) is 6.59. The second-order valence-corrected chi connectivity index (χ2v) is 6.93. The van der Waals surface area contributed by atoms with Crippen LogP contribution in [0.4, 0.5) is 10.1 Å². The van der Waals surface area contributed by atoms with Crippen molar-refractivity contribution in [2.24, 2.45) is 0 Å². The largest absolute Gasteiger partial charge is 0.306 e. The molecule has 0 aromatic heterocycles. The number of hydrogen-bond donors (Lipinski definition) is 0. The summed E-state index contributed by atoms with van der Waals surface area (Å²) in [5, 5.41) is 10.8. The van der Waals surface area contributed by atoms with Crippen LogP contribution in [0.5, 0.6) is 0 Å². The van der Waals surface area contributed by atoms with Crippen LogP contribution >= 0.6 is 0 Å². The van der Waals surface area contributed by atoms with Gasteiger partial charge in [0.25, 0.3) is 0 Å². The molecule has 0 atom stereocenters. The smallest absolute Gasteiger partial charge is 0.258 e. The van der Waals surface area contributed by atoms with Gasteiger partial charge >= 0.3 is 5.69 Å². The van der Waals surface area contributed by atoms with Crippen molar-refractivity contribution in [1.29, 1.82) is 0 Å². The SMILES string of the molecule is CCCN(C(C)C)S(=O)(=O)c1cc(C)c(F)c([N+](=O)[O-])c1. The second kappa shape index (κ2) is 6.48. The molecule has 0 unspecified atom stereocenters. The van der Waals surface area contributed by atoms with Crippen molar-refractivity contribution >= 4 is 15.7 Å². The average molecular weight is 318 g/mol. The molecule has 1 aromatic rings. The van der Waals surface area contributed by atoms with Crippen LogP contribution in [0.3, 0.4) is 0 Å². The molecule has 0 heterocycles. The quantitative estimate of drug-likeness (QED) is 0.596. The van der Waals surface area contributed by atoms with Crippen LogP contribution in [0.25, 0.3) is 0 Å². The highest BCUT2D eigenvalue weighted by Crippen LogP contribution is 2.27. The minimum atomic E-state index is -3.90. The van der Waals surface area contributed by atoms with Crippen molar-refractivity contribution in [3.8, 4) is 0 Å². The maximum absolute atomic E-state index is 13.7. The lowest BCUT2D eigenvalue weighted by atomic mass is 10.2. The van der Waals surface area contributed by atoms with Gasteiger partial charge in [-0.25, -0.2) is 8.42 Å². The highest BCUT2D eigenvalue weighted by molar-refractivity contribution is 7.89. The number of aryl methyl sites for hydroxylation is 1. The van der Waals surface area contributed by atoms with Crippen LogP contribution < -0.4 is 0 Å². The van der Waals surface area contributed by atoms with E-state index in [1.807, 2.05) is 6.92 Å². The number of hydrogen-bond acceptors (Lipinski definition) is 4. The number of benzene rings is 1. The van der Waals surface area contributed by atoms with E-state index in [-0.39, 0.29) is 16.5 Å². The van der Waals surface area contributed by atoms with Crippen LogP contribution in [0.2, 0.25) is 0 Å². The molecule has 0 aliphatic carbocycles. The minimum Gasteiger partial charge on any atom is -0.258 e. The Morgan fingerprint density at radius 1 is 1.38 bits per heavy atom. The van der Waals surface area contributed by atoms with Gasteiger partial charge in [0.2, 0.25) is 15.8 Å². The number of rotatable bonds is 6. The highest BCUT2D eigenvalue weighted by Gasteiger charge is 2.30. The number of nitrogens with zero attached hydrogens (tertiary/aromatic N) is 2. The van der Waals surface area contributed by atoms with Gasteiger partial charge in [-0.05, 0) is 38.8 Å². The number of nitro benzene ring substituents is 1. The molecule has 0 aliphatic rings. The molecular formula is C13H19FN2O4S. The van der Waals surface area contributed by atoms with Crippen molar-refractivity contribution in [2.75, 3.05) is 6.54 Å². The lowest BCUT2D eigenvalue weighted by Gasteiger charge is -2.25. The van der Waals surface area contributed by atoms with Crippen molar-refractivity contribution in [1.82, 2.24) is 4.31 Å². The Balaban J connectivity index is 3.47. The zero-order valence-electron chi connectivity index (χ0n) is 12.5. The standard InChI is InChI=1S/C13H19FN2O4S/c1-5-6-15(9(2)3)21(19,20)11-7-10(4)13(14)12(8-11)16(17)18/h7-9H,5-6H2,1-4H3. The zero-order valence-corrected chi connectivity index (χ0v) is 13.3. The van der Waals surface area contributed by atoms with Gasteiger partial charge in [0.1, 0.15) is 0 Å². The molecule has 21 heavy (non-hydrogen) atoms. The van der Waals surface area contributed by atoms with Crippen LogP contribution in [0, 0.1) is 22.9 Å². The fourth-order valence-electron chi connectivity index (χ4n) is 2.01. The molecule has 1 rings (SSSR count). The Kier molecular flexibility index (Phi) is 5.41. The summed E-state index contributed by atoms with van der Waals surface area (Å²) in [5.74, 6) is -1.01. The highest BCUT2D eigenvalue weighted by atomic mass is 32.2. The summed E-state index contributed by atoms with van der Waals surface area (Å²) in [6, 6.07) is 1.62. The Bertz CT molecular complexity index is 644. The van der Waals surface area contributed by atoms with Crippen LogP contribution in [-0.4, -0.2) is 30.2 Å². The third-order valence-corrected chi connectivity index (χ3v) is 5.09. The third-order valence-electron chi connectivity index (χ3n) is 3.03. The molecule has 118 valence electrons. The van der Waals surface area contributed by atoms with Crippen molar-refractivity contribution < 1.29 is 17.7 Å². The van der Waals surface area contributed by atoms with Gasteiger partial charge < -0.3 is 0 Å². The Labute approximate surface area is 123 Å². The monoisotopic (exact) mass is 318 g/mol. The van der Waals surface area contributed by atoms with Crippen molar-refractivity contribution in [2.45, 2.75) is 45.1 Å². The van der Waals surface area contributed by atoms with Gasteiger partial charge in [-0.1, -0.05) is 6.92 Å². The zero-order chi connectivity index (χ0) is 16.4. The Hall–Kier alpha value is -1.54. The summed E-state index contributed by atoms with van der Waals surface area (Å²) in [4.78, 5) is 9.67. The minimum absolute atomic E-state index is 0.0667. The molecule has 0 bridgehead atoms. The first kappa shape index (κ1) is 17.5. The maximum atomic E-state index is 13.7. The van der Waals surface area contributed by atoms with E-state index in [9.17, 15) is 22.9 Å². The number of halogens is 1. The van der Waals surface area contributed by atoms with E-state index >= 15 is 0 Å². The lowest BCUT2D eigenvalue weighted by molar-refractivity contribution is -0.387. The predicted octanol–water partition coefficient (Wildman–Crippen LogP) is 2.85. The topological polar surface area (TPSA) is 80.5 Å². The van der Waals surface area contributed by atoms with E-state index in [0.717, 1.165) is 12.1 Å². The van der Waals surface area contributed by atoms with Gasteiger partial charge in [-0.15, -0.1) is 0 Å². The fraction of sp³-hybridized carbons (Fsp3) is 0.538. The normalized spacial score (nSPS) is 12.1. The molecule has 0 fully saturated rings. The van der Waals surface area contributed by atoms with Gasteiger partial charge in [-0.3, -0.25) is 10.1 Å². The van der Waals surface area contributed by atoms with Crippen LogP contribution in [-0.2, 0) is 10.0 Å². The lowest BCUT2D eigenvalue weighted by Crippen LogP contribution is -2.37. The molecule has 0 spiro atoms. The number of sulfonamides is 1. The summed E-state index contributed by atoms with van der Waals surface area (Å²) in [7, 11) is -3.90. The molecule has 8 heteroatoms. The maximum Gasteiger partial charge on any atom is 0.306 e. The Morgan fingerprint density at radius 3 is 2.38 bits per heavy atom. The molecule has 6 nitrogen and oxygen atoms in total. The van der Waals surface area contributed by atoms with E-state index in [0.29, 0.717) is 13.0 Å². The molecule has 0 saturated heterocycles. The van der Waals surface area contributed by atoms with Gasteiger partial charge in [0.05, 0.1) is 9.82 Å². The predicted molar refractivity (Wildman–Crippen MR) is 77.1 cm³/mol. The summed E-state index contributed by atoms with van der Waals surface area (Å²) in [6.45, 7) is 6.88. The third kappa shape index (κ3) is 3.56. The van der Waals surface area contributed by atoms with Gasteiger partial charge in [-0.2, -0.15) is 8.70 Å². The summed E-state index contributed by atoms with van der Waals surface area (Å²) in [6.07, 6.45) is 0.611. The molecule has 0 amide bonds. The summed E-state index contributed by atoms with van der Waals surface area (Å²) < 4.78 is 40.1. The first-order valence-corrected chi connectivity index (χ1v) is 8.03.